The molecule has 0 radical (unpaired) electrons. The minimum absolute atomic E-state index is 0.0117. The molecule has 3 aromatic heterocycles. The van der Waals surface area contributed by atoms with Crippen LogP contribution in [0.1, 0.15) is 78.0 Å². The standard InChI is InChI=1S/C58H73N11O8/c1-7-27-68-54(74)46-36-60-56(64-52(46)69(68)49-14-12-13-48(62-49)58(5,6)76)61-42-21-23-43(24-22-42)66-31-29-65(30-32-66)28-10-8-9-11-33-77-38-50(72)63-51(57(2,3)4)55(75)67-37-45(71)34-47(67)53(73)59-35-39-15-17-40(18-16-39)41-19-25-44(70)26-20-41/h7,12-26,36,45,47,51,70-71,76H,1,8-11,27-35,37-38H2,2-6H3,(H,59,73)(H,63,72)(H,60,61,64)/t45-,47+,51-/m1/s1. The Morgan fingerprint density at radius 1 is 0.870 bits per heavy atom. The summed E-state index contributed by atoms with van der Waals surface area (Å²) in [7, 11) is 0. The molecule has 3 aromatic carbocycles. The number of phenolic OH excluding ortho intramolecular Hbond substituents is 1. The highest BCUT2D eigenvalue weighted by Gasteiger charge is 2.44. The van der Waals surface area contributed by atoms with Gasteiger partial charge in [-0.1, -0.05) is 82.2 Å². The van der Waals surface area contributed by atoms with Gasteiger partial charge in [-0.25, -0.2) is 19.3 Å². The molecule has 0 aliphatic carbocycles. The first-order chi connectivity index (χ1) is 36.9. The number of rotatable bonds is 22. The van der Waals surface area contributed by atoms with Crippen LogP contribution in [0.25, 0.3) is 28.0 Å². The van der Waals surface area contributed by atoms with Crippen LogP contribution in [0.2, 0.25) is 0 Å². The number of ether oxygens (including phenoxy) is 1. The van der Waals surface area contributed by atoms with Crippen molar-refractivity contribution < 1.29 is 34.4 Å². The largest absolute Gasteiger partial charge is 0.508 e. The van der Waals surface area contributed by atoms with Crippen molar-refractivity contribution in [3.05, 3.63) is 131 Å². The maximum atomic E-state index is 14.0. The van der Waals surface area contributed by atoms with E-state index in [1.54, 1.807) is 54.9 Å². The summed E-state index contributed by atoms with van der Waals surface area (Å²) in [4.78, 5) is 74.2. The zero-order chi connectivity index (χ0) is 54.9. The van der Waals surface area contributed by atoms with Gasteiger partial charge < -0.3 is 45.8 Å². The lowest BCUT2D eigenvalue weighted by Gasteiger charge is -2.36. The summed E-state index contributed by atoms with van der Waals surface area (Å²) in [6.45, 7) is 18.1. The first-order valence-corrected chi connectivity index (χ1v) is 26.5. The van der Waals surface area contributed by atoms with Crippen LogP contribution in [-0.4, -0.2) is 138 Å². The number of carbonyl (C=O) groups excluding carboxylic acids is 3. The van der Waals surface area contributed by atoms with Crippen LogP contribution in [0, 0.1) is 5.41 Å². The van der Waals surface area contributed by atoms with E-state index >= 15 is 0 Å². The number of aromatic hydroxyl groups is 1. The zero-order valence-electron chi connectivity index (χ0n) is 44.8. The molecule has 77 heavy (non-hydrogen) atoms. The summed E-state index contributed by atoms with van der Waals surface area (Å²) in [5.74, 6) is -0.271. The second-order valence-corrected chi connectivity index (χ2v) is 21.6. The van der Waals surface area contributed by atoms with E-state index in [1.807, 2.05) is 69.3 Å². The predicted octanol–water partition coefficient (Wildman–Crippen LogP) is 6.01. The molecule has 3 amide bonds. The van der Waals surface area contributed by atoms with E-state index in [0.717, 1.165) is 86.5 Å². The molecule has 2 saturated heterocycles. The SMILES string of the molecule is C=CCn1c(=O)c2cnc(Nc3ccc(N4CCN(CCCCCCOCC(=O)N[C@H](C(=O)N5C[C@H](O)C[C@H]5C(=O)NCc5ccc(-c6ccc(O)cc6)cc5)C(C)(C)C)CC4)cc3)nc2n1-c1cccc(C(C)(C)O)n1. The first-order valence-electron chi connectivity index (χ1n) is 26.5. The Kier molecular flexibility index (Phi) is 17.9. The second kappa shape index (κ2) is 24.7. The number of carbonyl (C=O) groups is 3. The predicted molar refractivity (Wildman–Crippen MR) is 297 cm³/mol. The van der Waals surface area contributed by atoms with Crippen molar-refractivity contribution in [1.82, 2.24) is 44.7 Å². The Balaban J connectivity index is 0.725. The number of allylic oxidation sites excluding steroid dienone is 1. The third kappa shape index (κ3) is 14.1. The number of anilines is 3. The van der Waals surface area contributed by atoms with Crippen molar-refractivity contribution in [1.29, 1.82) is 0 Å². The van der Waals surface area contributed by atoms with E-state index in [1.165, 1.54) is 15.8 Å². The Bertz CT molecular complexity index is 3050. The highest BCUT2D eigenvalue weighted by Crippen LogP contribution is 2.28. The van der Waals surface area contributed by atoms with Crippen LogP contribution in [0.5, 0.6) is 5.75 Å². The Morgan fingerprint density at radius 3 is 2.23 bits per heavy atom. The molecule has 19 nitrogen and oxygen atoms in total. The number of hydrogen-bond acceptors (Lipinski definition) is 14. The zero-order valence-corrected chi connectivity index (χ0v) is 44.8. The molecule has 0 bridgehead atoms. The highest BCUT2D eigenvalue weighted by atomic mass is 16.5. The third-order valence-corrected chi connectivity index (χ3v) is 14.1. The summed E-state index contributed by atoms with van der Waals surface area (Å²) in [6, 6.07) is 26.2. The summed E-state index contributed by atoms with van der Waals surface area (Å²) in [6.07, 6.45) is 6.23. The van der Waals surface area contributed by atoms with Crippen molar-refractivity contribution >= 4 is 46.1 Å². The van der Waals surface area contributed by atoms with E-state index in [0.29, 0.717) is 35.1 Å². The van der Waals surface area contributed by atoms with Crippen LogP contribution >= 0.6 is 0 Å². The first kappa shape index (κ1) is 55.8. The molecular formula is C58H73N11O8. The number of β-amino-alcohol motifs (C(OH)–C–C–N with tert-alkyl or cyclic N) is 1. The monoisotopic (exact) mass is 1050 g/mol. The van der Waals surface area contributed by atoms with Gasteiger partial charge in [-0.2, -0.15) is 4.98 Å². The molecular weight excluding hydrogens is 979 g/mol. The molecule has 3 atom stereocenters. The molecule has 0 saturated carbocycles. The van der Waals surface area contributed by atoms with Crippen LogP contribution in [0.15, 0.2) is 115 Å². The number of aliphatic hydroxyl groups excluding tert-OH is 1. The van der Waals surface area contributed by atoms with Crippen molar-refractivity contribution in [2.75, 3.05) is 62.7 Å². The smallest absolute Gasteiger partial charge is 0.278 e. The van der Waals surface area contributed by atoms with Gasteiger partial charge in [0.15, 0.2) is 11.5 Å². The van der Waals surface area contributed by atoms with Gasteiger partial charge in [-0.15, -0.1) is 6.58 Å². The summed E-state index contributed by atoms with van der Waals surface area (Å²) >= 11 is 0. The maximum absolute atomic E-state index is 14.0. The Morgan fingerprint density at radius 2 is 1.56 bits per heavy atom. The van der Waals surface area contributed by atoms with Gasteiger partial charge in [0.25, 0.3) is 5.56 Å². The van der Waals surface area contributed by atoms with Crippen molar-refractivity contribution in [3.63, 3.8) is 0 Å². The fraction of sp³-hybridized carbons (Fsp3) is 0.431. The lowest BCUT2D eigenvalue weighted by molar-refractivity contribution is -0.144. The number of phenols is 1. The van der Waals surface area contributed by atoms with Gasteiger partial charge in [-0.3, -0.25) is 24.1 Å². The number of nitrogens with zero attached hydrogens (tertiary/aromatic N) is 8. The lowest BCUT2D eigenvalue weighted by Crippen LogP contribution is -2.58. The number of aromatic nitrogens is 5. The molecule has 2 aliphatic heterocycles. The number of aliphatic hydroxyl groups is 2. The van der Waals surface area contributed by atoms with Crippen molar-refractivity contribution in [3.8, 4) is 22.7 Å². The fourth-order valence-corrected chi connectivity index (χ4v) is 9.76. The number of hydrogen-bond donors (Lipinski definition) is 6. The molecule has 2 aliphatic rings. The third-order valence-electron chi connectivity index (χ3n) is 14.1. The van der Waals surface area contributed by atoms with Gasteiger partial charge in [0.05, 0.1) is 18.3 Å². The van der Waals surface area contributed by atoms with Gasteiger partial charge in [0, 0.05) is 69.9 Å². The molecule has 408 valence electrons. The summed E-state index contributed by atoms with van der Waals surface area (Å²) in [5.41, 5.74) is 3.39. The van der Waals surface area contributed by atoms with E-state index in [4.69, 9.17) is 9.72 Å². The van der Waals surface area contributed by atoms with Gasteiger partial charge in [0.1, 0.15) is 35.4 Å². The van der Waals surface area contributed by atoms with Crippen LogP contribution in [-0.2, 0) is 37.8 Å². The molecule has 6 aromatic rings. The Hall–Kier alpha value is -7.45. The number of fused-ring (bicyclic) bond motifs is 1. The van der Waals surface area contributed by atoms with Crippen molar-refractivity contribution in [2.45, 2.75) is 104 Å². The quantitative estimate of drug-likeness (QED) is 0.0338. The number of benzene rings is 3. The minimum atomic E-state index is -1.18. The second-order valence-electron chi connectivity index (χ2n) is 21.6. The van der Waals surface area contributed by atoms with Gasteiger partial charge >= 0.3 is 0 Å². The molecule has 2 fully saturated rings. The number of amides is 3. The number of nitrogens with one attached hydrogen (secondary N) is 3. The average molecular weight is 1050 g/mol. The molecule has 0 unspecified atom stereocenters. The number of likely N-dealkylation sites (tertiary alicyclic amines) is 1. The normalized spacial score (nSPS) is 16.6. The summed E-state index contributed by atoms with van der Waals surface area (Å²) in [5, 5.41) is 40.3. The van der Waals surface area contributed by atoms with Crippen LogP contribution in [0.4, 0.5) is 17.3 Å². The van der Waals surface area contributed by atoms with Crippen LogP contribution < -0.4 is 26.4 Å². The molecule has 0 spiro atoms. The topological polar surface area (TPSA) is 233 Å². The van der Waals surface area contributed by atoms with Gasteiger partial charge in [0.2, 0.25) is 23.7 Å². The minimum Gasteiger partial charge on any atom is -0.508 e. The number of pyridine rings is 1. The maximum Gasteiger partial charge on any atom is 0.278 e. The molecule has 19 heteroatoms. The Labute approximate surface area is 449 Å². The van der Waals surface area contributed by atoms with Gasteiger partial charge in [-0.05, 0) is 104 Å². The molecule has 8 rings (SSSR count). The number of unbranched alkanes of at least 4 members (excludes halogenated alkanes) is 3. The van der Waals surface area contributed by atoms with Crippen molar-refractivity contribution in [2.24, 2.45) is 5.41 Å². The van der Waals surface area contributed by atoms with E-state index < -0.39 is 41.0 Å². The van der Waals surface area contributed by atoms with E-state index in [2.05, 4.69) is 54.4 Å². The molecule has 5 heterocycles. The van der Waals surface area contributed by atoms with E-state index in [-0.39, 0.29) is 49.9 Å². The van der Waals surface area contributed by atoms with E-state index in [9.17, 15) is 34.5 Å². The summed E-state index contributed by atoms with van der Waals surface area (Å²) < 4.78 is 8.88. The average Bonchev–Trinajstić information content (AvgIpc) is 4.03. The molecule has 6 N–H and O–H groups in total. The lowest BCUT2D eigenvalue weighted by atomic mass is 9.85. The number of piperazine rings is 1. The fourth-order valence-electron chi connectivity index (χ4n) is 9.76. The highest BCUT2D eigenvalue weighted by molar-refractivity contribution is 5.93. The van der Waals surface area contributed by atoms with Crippen LogP contribution in [0.3, 0.4) is 0 Å².